The smallest absolute Gasteiger partial charge is 0.295 e. The van der Waals surface area contributed by atoms with Crippen molar-refractivity contribution in [1.29, 1.82) is 0 Å². The Morgan fingerprint density at radius 3 is 2.58 bits per heavy atom. The fourth-order valence-electron chi connectivity index (χ4n) is 4.57. The van der Waals surface area contributed by atoms with Crippen molar-refractivity contribution in [3.8, 4) is 5.75 Å². The second kappa shape index (κ2) is 10.1. The lowest BCUT2D eigenvalue weighted by Gasteiger charge is -2.25. The average molecular weight is 483 g/mol. The Balaban J connectivity index is 1.57. The largest absolute Gasteiger partial charge is 0.507 e. The van der Waals surface area contributed by atoms with Gasteiger partial charge in [0.2, 0.25) is 0 Å². The number of aromatic nitrogens is 1. The molecule has 36 heavy (non-hydrogen) atoms. The number of benzene rings is 3. The van der Waals surface area contributed by atoms with E-state index in [-0.39, 0.29) is 24.5 Å². The van der Waals surface area contributed by atoms with Crippen molar-refractivity contribution in [2.45, 2.75) is 12.6 Å². The summed E-state index contributed by atoms with van der Waals surface area (Å²) in [6.45, 7) is 0.829. The number of hydrogen-bond acceptors (Lipinski definition) is 5. The number of H-pyrrole nitrogens is 1. The van der Waals surface area contributed by atoms with E-state index >= 15 is 0 Å². The van der Waals surface area contributed by atoms with E-state index in [4.69, 9.17) is 9.47 Å². The van der Waals surface area contributed by atoms with Gasteiger partial charge in [-0.3, -0.25) is 9.59 Å². The van der Waals surface area contributed by atoms with E-state index < -0.39 is 17.7 Å². The summed E-state index contributed by atoms with van der Waals surface area (Å²) < 4.78 is 11.2. The Hall–Kier alpha value is -4.36. The first-order chi connectivity index (χ1) is 17.6. The van der Waals surface area contributed by atoms with Gasteiger partial charge in [-0.05, 0) is 29.3 Å². The van der Waals surface area contributed by atoms with Crippen LogP contribution in [0, 0.1) is 0 Å². The molecule has 2 N–H and O–H groups in total. The minimum absolute atomic E-state index is 0.0427. The molecule has 2 heterocycles. The number of ether oxygens (including phenoxy) is 2. The molecule has 1 atom stereocenters. The molecule has 1 fully saturated rings. The summed E-state index contributed by atoms with van der Waals surface area (Å²) >= 11 is 0. The van der Waals surface area contributed by atoms with E-state index in [1.807, 2.05) is 78.9 Å². The zero-order valence-corrected chi connectivity index (χ0v) is 19.8. The second-order valence-corrected chi connectivity index (χ2v) is 8.58. The van der Waals surface area contributed by atoms with E-state index in [0.29, 0.717) is 23.5 Å². The number of aliphatic hydroxyl groups is 1. The molecule has 4 aromatic rings. The third-order valence-corrected chi connectivity index (χ3v) is 6.34. The van der Waals surface area contributed by atoms with Gasteiger partial charge in [-0.1, -0.05) is 60.7 Å². The highest BCUT2D eigenvalue weighted by Gasteiger charge is 2.46. The molecule has 0 radical (unpaired) electrons. The van der Waals surface area contributed by atoms with Crippen molar-refractivity contribution in [2.75, 3.05) is 20.3 Å². The zero-order valence-electron chi connectivity index (χ0n) is 19.8. The number of carbonyl (C=O) groups excluding carboxylic acids is 2. The van der Waals surface area contributed by atoms with Crippen molar-refractivity contribution in [3.63, 3.8) is 0 Å². The molecular formula is C29H26N2O5. The molecule has 0 aliphatic carbocycles. The number of aromatic amines is 1. The molecule has 0 saturated carbocycles. The van der Waals surface area contributed by atoms with Gasteiger partial charge in [0.25, 0.3) is 11.7 Å². The van der Waals surface area contributed by atoms with Crippen LogP contribution in [-0.2, 0) is 20.9 Å². The summed E-state index contributed by atoms with van der Waals surface area (Å²) in [6.07, 6.45) is 1.65. The van der Waals surface area contributed by atoms with Crippen molar-refractivity contribution in [1.82, 2.24) is 9.88 Å². The van der Waals surface area contributed by atoms with Gasteiger partial charge in [0.1, 0.15) is 18.1 Å². The SMILES string of the molecule is COCCN1C(=O)C(=O)/C(=C(\O)c2c[nH]c3ccccc23)C1c1cccc(OCc2ccccc2)c1. The molecule has 7 nitrogen and oxygen atoms in total. The van der Waals surface area contributed by atoms with Gasteiger partial charge >= 0.3 is 0 Å². The van der Waals surface area contributed by atoms with Gasteiger partial charge in [0, 0.05) is 36.3 Å². The molecule has 1 aliphatic heterocycles. The standard InChI is InChI=1S/C29H26N2O5/c1-35-15-14-31-26(20-10-7-11-21(16-20)36-18-19-8-3-2-4-9-19)25(28(33)29(31)34)27(32)23-17-30-24-13-6-5-12-22(23)24/h2-13,16-17,26,30,32H,14-15,18H2,1H3/b27-25-. The molecule has 5 rings (SSSR count). The lowest BCUT2D eigenvalue weighted by Crippen LogP contribution is -2.32. The van der Waals surface area contributed by atoms with Gasteiger partial charge in [-0.15, -0.1) is 0 Å². The van der Waals surface area contributed by atoms with Crippen LogP contribution in [0.2, 0.25) is 0 Å². The van der Waals surface area contributed by atoms with Gasteiger partial charge in [-0.2, -0.15) is 0 Å². The molecule has 1 unspecified atom stereocenters. The van der Waals surface area contributed by atoms with Crippen LogP contribution in [0.4, 0.5) is 0 Å². The number of methoxy groups -OCH3 is 1. The van der Waals surface area contributed by atoms with Crippen LogP contribution >= 0.6 is 0 Å². The number of aliphatic hydroxyl groups excluding tert-OH is 1. The number of nitrogens with zero attached hydrogens (tertiary/aromatic N) is 1. The first-order valence-electron chi connectivity index (χ1n) is 11.7. The summed E-state index contributed by atoms with van der Waals surface area (Å²) in [5.74, 6) is -1.02. The number of hydrogen-bond donors (Lipinski definition) is 2. The predicted molar refractivity (Wildman–Crippen MR) is 136 cm³/mol. The Morgan fingerprint density at radius 2 is 1.78 bits per heavy atom. The molecule has 182 valence electrons. The first-order valence-corrected chi connectivity index (χ1v) is 11.7. The van der Waals surface area contributed by atoms with Crippen molar-refractivity contribution >= 4 is 28.4 Å². The normalized spacial score (nSPS) is 17.1. The van der Waals surface area contributed by atoms with Crippen LogP contribution in [0.25, 0.3) is 16.7 Å². The lowest BCUT2D eigenvalue weighted by atomic mass is 9.95. The molecule has 1 amide bonds. The van der Waals surface area contributed by atoms with Crippen LogP contribution < -0.4 is 4.74 Å². The van der Waals surface area contributed by atoms with Crippen molar-refractivity contribution in [3.05, 3.63) is 107 Å². The summed E-state index contributed by atoms with van der Waals surface area (Å²) in [5.41, 5.74) is 3.02. The van der Waals surface area contributed by atoms with Gasteiger partial charge in [0.15, 0.2) is 0 Å². The number of amides is 1. The number of ketones is 1. The maximum absolute atomic E-state index is 13.2. The van der Waals surface area contributed by atoms with Crippen molar-refractivity contribution < 1.29 is 24.2 Å². The minimum Gasteiger partial charge on any atom is -0.507 e. The average Bonchev–Trinajstić information content (AvgIpc) is 3.45. The highest BCUT2D eigenvalue weighted by molar-refractivity contribution is 6.46. The number of fused-ring (bicyclic) bond motifs is 1. The van der Waals surface area contributed by atoms with Crippen molar-refractivity contribution in [2.24, 2.45) is 0 Å². The number of likely N-dealkylation sites (tertiary alicyclic amines) is 1. The predicted octanol–water partition coefficient (Wildman–Crippen LogP) is 4.82. The van der Waals surface area contributed by atoms with E-state index in [2.05, 4.69) is 4.98 Å². The monoisotopic (exact) mass is 482 g/mol. The lowest BCUT2D eigenvalue weighted by molar-refractivity contribution is -0.140. The number of para-hydroxylation sites is 1. The van der Waals surface area contributed by atoms with Gasteiger partial charge in [0.05, 0.1) is 18.2 Å². The van der Waals surface area contributed by atoms with E-state index in [9.17, 15) is 14.7 Å². The fraction of sp³-hybridized carbons (Fsp3) is 0.172. The molecule has 1 aromatic heterocycles. The quantitative estimate of drug-likeness (QED) is 0.214. The van der Waals surface area contributed by atoms with Crippen LogP contribution in [-0.4, -0.2) is 46.9 Å². The topological polar surface area (TPSA) is 91.9 Å². The molecule has 1 aliphatic rings. The summed E-state index contributed by atoms with van der Waals surface area (Å²) in [4.78, 5) is 30.9. The van der Waals surface area contributed by atoms with E-state index in [1.165, 1.54) is 12.0 Å². The molecular weight excluding hydrogens is 456 g/mol. The van der Waals surface area contributed by atoms with Crippen LogP contribution in [0.5, 0.6) is 5.75 Å². The number of Topliss-reactive ketones (excluding diaryl/α,β-unsaturated/α-hetero) is 1. The maximum Gasteiger partial charge on any atom is 0.295 e. The highest BCUT2D eigenvalue weighted by Crippen LogP contribution is 2.41. The number of nitrogens with one attached hydrogen (secondary N) is 1. The third-order valence-electron chi connectivity index (χ3n) is 6.34. The molecule has 0 bridgehead atoms. The number of rotatable bonds is 8. The maximum atomic E-state index is 13.2. The fourth-order valence-corrected chi connectivity index (χ4v) is 4.57. The van der Waals surface area contributed by atoms with Crippen LogP contribution in [0.15, 0.2) is 90.6 Å². The van der Waals surface area contributed by atoms with E-state index in [1.54, 1.807) is 6.20 Å². The molecule has 7 heteroatoms. The highest BCUT2D eigenvalue weighted by atomic mass is 16.5. The summed E-state index contributed by atoms with van der Waals surface area (Å²) in [7, 11) is 1.54. The summed E-state index contributed by atoms with van der Waals surface area (Å²) in [5, 5.41) is 12.1. The van der Waals surface area contributed by atoms with Gasteiger partial charge < -0.3 is 24.5 Å². The molecule has 1 saturated heterocycles. The van der Waals surface area contributed by atoms with Gasteiger partial charge in [-0.25, -0.2) is 0 Å². The Bertz CT molecular complexity index is 1440. The Labute approximate surface area is 208 Å². The zero-order chi connectivity index (χ0) is 25.1. The second-order valence-electron chi connectivity index (χ2n) is 8.58. The number of carbonyl (C=O) groups is 2. The molecule has 0 spiro atoms. The van der Waals surface area contributed by atoms with E-state index in [0.717, 1.165) is 16.5 Å². The minimum atomic E-state index is -0.783. The Kier molecular flexibility index (Phi) is 6.56. The van der Waals surface area contributed by atoms with Crippen LogP contribution in [0.3, 0.4) is 0 Å². The molecule has 3 aromatic carbocycles. The Morgan fingerprint density at radius 1 is 1.00 bits per heavy atom. The van der Waals surface area contributed by atoms with Crippen LogP contribution in [0.1, 0.15) is 22.7 Å². The third kappa shape index (κ3) is 4.36. The first kappa shape index (κ1) is 23.4. The summed E-state index contributed by atoms with van der Waals surface area (Å²) in [6, 6.07) is 23.8.